The lowest BCUT2D eigenvalue weighted by Gasteiger charge is -2.19. The van der Waals surface area contributed by atoms with E-state index < -0.39 is 5.25 Å². The molecule has 200 valence electrons. The number of nitrogens with one attached hydrogen (secondary N) is 2. The molecule has 9 heteroatoms. The molecule has 0 aliphatic rings. The number of halogens is 1. The molecule has 0 aliphatic heterocycles. The predicted octanol–water partition coefficient (Wildman–Crippen LogP) is 7.09. The van der Waals surface area contributed by atoms with Crippen LogP contribution in [0.1, 0.15) is 21.2 Å². The van der Waals surface area contributed by atoms with Gasteiger partial charge < -0.3 is 24.8 Å². The number of carbonyl (C=O) groups excluding carboxylic acids is 2. The van der Waals surface area contributed by atoms with E-state index in [0.717, 1.165) is 10.5 Å². The van der Waals surface area contributed by atoms with Gasteiger partial charge in [-0.2, -0.15) is 0 Å². The molecule has 4 rings (SSSR count). The Bertz CT molecular complexity index is 1440. The van der Waals surface area contributed by atoms with Crippen molar-refractivity contribution in [2.75, 3.05) is 32.0 Å². The summed E-state index contributed by atoms with van der Waals surface area (Å²) in [6.45, 7) is 0. The molecule has 1 atom stereocenters. The molecule has 0 fully saturated rings. The van der Waals surface area contributed by atoms with E-state index in [4.69, 9.17) is 25.8 Å². The van der Waals surface area contributed by atoms with E-state index in [1.165, 1.54) is 33.1 Å². The summed E-state index contributed by atoms with van der Waals surface area (Å²) in [5, 5.41) is 5.73. The van der Waals surface area contributed by atoms with Gasteiger partial charge in [-0.3, -0.25) is 9.59 Å². The summed E-state index contributed by atoms with van der Waals surface area (Å²) >= 11 is 7.52. The van der Waals surface area contributed by atoms with Crippen LogP contribution in [0.15, 0.2) is 95.9 Å². The molecule has 0 aliphatic carbocycles. The van der Waals surface area contributed by atoms with Gasteiger partial charge in [0.15, 0.2) is 0 Å². The minimum Gasteiger partial charge on any atom is -0.496 e. The van der Waals surface area contributed by atoms with Crippen molar-refractivity contribution >= 4 is 46.6 Å². The fourth-order valence-corrected chi connectivity index (χ4v) is 5.18. The zero-order chi connectivity index (χ0) is 27.8. The van der Waals surface area contributed by atoms with Gasteiger partial charge in [0.25, 0.3) is 5.91 Å². The van der Waals surface area contributed by atoms with Gasteiger partial charge in [0.05, 0.1) is 27.0 Å². The average Bonchev–Trinajstić information content (AvgIpc) is 2.96. The first kappa shape index (κ1) is 27.9. The van der Waals surface area contributed by atoms with Crippen molar-refractivity contribution in [3.63, 3.8) is 0 Å². The van der Waals surface area contributed by atoms with Crippen molar-refractivity contribution in [2.24, 2.45) is 0 Å². The quantitative estimate of drug-likeness (QED) is 0.201. The smallest absolute Gasteiger partial charge is 0.263 e. The lowest BCUT2D eigenvalue weighted by atomic mass is 10.1. The zero-order valence-electron chi connectivity index (χ0n) is 21.6. The summed E-state index contributed by atoms with van der Waals surface area (Å²) in [4.78, 5) is 27.5. The minimum absolute atomic E-state index is 0.250. The third kappa shape index (κ3) is 6.85. The van der Waals surface area contributed by atoms with Crippen molar-refractivity contribution in [1.82, 2.24) is 0 Å². The number of hydrogen-bond acceptors (Lipinski definition) is 6. The highest BCUT2D eigenvalue weighted by Gasteiger charge is 2.24. The number of rotatable bonds is 10. The van der Waals surface area contributed by atoms with Gasteiger partial charge in [-0.05, 0) is 54.1 Å². The van der Waals surface area contributed by atoms with Crippen LogP contribution in [0.4, 0.5) is 11.4 Å². The molecule has 4 aromatic carbocycles. The largest absolute Gasteiger partial charge is 0.496 e. The van der Waals surface area contributed by atoms with E-state index in [1.54, 1.807) is 42.5 Å². The van der Waals surface area contributed by atoms with Crippen molar-refractivity contribution in [2.45, 2.75) is 10.1 Å². The predicted molar refractivity (Wildman–Crippen MR) is 156 cm³/mol. The molecule has 0 radical (unpaired) electrons. The van der Waals surface area contributed by atoms with Crippen LogP contribution in [-0.2, 0) is 4.79 Å². The van der Waals surface area contributed by atoms with Gasteiger partial charge in [-0.25, -0.2) is 0 Å². The maximum absolute atomic E-state index is 13.6. The topological polar surface area (TPSA) is 85.9 Å². The van der Waals surface area contributed by atoms with Crippen LogP contribution in [0.25, 0.3) is 0 Å². The molecule has 0 saturated heterocycles. The van der Waals surface area contributed by atoms with Crippen LogP contribution in [0, 0.1) is 0 Å². The second kappa shape index (κ2) is 13.1. The number of hydrogen-bond donors (Lipinski definition) is 2. The summed E-state index contributed by atoms with van der Waals surface area (Å²) in [5.74, 6) is 0.669. The van der Waals surface area contributed by atoms with Crippen LogP contribution in [0.3, 0.4) is 0 Å². The number of benzene rings is 4. The highest BCUT2D eigenvalue weighted by molar-refractivity contribution is 8.00. The normalized spacial score (nSPS) is 11.3. The third-order valence-corrected chi connectivity index (χ3v) is 7.24. The summed E-state index contributed by atoms with van der Waals surface area (Å²) in [5.41, 5.74) is 2.14. The zero-order valence-corrected chi connectivity index (χ0v) is 23.1. The molecule has 0 saturated carbocycles. The Balaban J connectivity index is 1.59. The molecule has 7 nitrogen and oxygen atoms in total. The SMILES string of the molecule is COc1ccc(Cl)cc1NC(=O)C(Sc1cccc(NC(=O)c2c(OC)cccc2OC)c1)c1ccccc1. The maximum atomic E-state index is 13.6. The van der Waals surface area contributed by atoms with Gasteiger partial charge in [-0.1, -0.05) is 54.1 Å². The van der Waals surface area contributed by atoms with E-state index in [-0.39, 0.29) is 17.4 Å². The molecule has 2 N–H and O–H groups in total. The second-order valence-corrected chi connectivity index (χ2v) is 9.88. The van der Waals surface area contributed by atoms with Gasteiger partial charge in [0.1, 0.15) is 28.1 Å². The van der Waals surface area contributed by atoms with Crippen LogP contribution in [0.5, 0.6) is 17.2 Å². The summed E-state index contributed by atoms with van der Waals surface area (Å²) < 4.78 is 16.1. The molecule has 0 spiro atoms. The third-order valence-electron chi connectivity index (χ3n) is 5.76. The van der Waals surface area contributed by atoms with Crippen molar-refractivity contribution in [3.8, 4) is 17.2 Å². The number of ether oxygens (including phenoxy) is 3. The maximum Gasteiger partial charge on any atom is 0.263 e. The van der Waals surface area contributed by atoms with Gasteiger partial charge in [0, 0.05) is 15.6 Å². The highest BCUT2D eigenvalue weighted by Crippen LogP contribution is 2.38. The Morgan fingerprint density at radius 2 is 1.41 bits per heavy atom. The van der Waals surface area contributed by atoms with E-state index in [2.05, 4.69) is 10.6 Å². The molecule has 2 amide bonds. The Labute approximate surface area is 236 Å². The summed E-state index contributed by atoms with van der Waals surface area (Å²) in [6, 6.07) is 26.9. The van der Waals surface area contributed by atoms with E-state index >= 15 is 0 Å². The van der Waals surface area contributed by atoms with Gasteiger partial charge in [-0.15, -0.1) is 11.8 Å². The second-order valence-electron chi connectivity index (χ2n) is 8.26. The number of anilines is 2. The van der Waals surface area contributed by atoms with E-state index in [0.29, 0.717) is 33.6 Å². The molecule has 0 aromatic heterocycles. The Kier molecular flexibility index (Phi) is 9.35. The van der Waals surface area contributed by atoms with E-state index in [1.807, 2.05) is 48.5 Å². The Morgan fingerprint density at radius 3 is 2.08 bits per heavy atom. The van der Waals surface area contributed by atoms with Crippen molar-refractivity contribution in [3.05, 3.63) is 107 Å². The molecule has 0 bridgehead atoms. The molecular weight excluding hydrogens is 536 g/mol. The van der Waals surface area contributed by atoms with E-state index in [9.17, 15) is 9.59 Å². The molecule has 4 aromatic rings. The number of thioether (sulfide) groups is 1. The monoisotopic (exact) mass is 562 g/mol. The molecule has 1 unspecified atom stereocenters. The van der Waals surface area contributed by atoms with Crippen molar-refractivity contribution in [1.29, 1.82) is 0 Å². The van der Waals surface area contributed by atoms with Gasteiger partial charge in [0.2, 0.25) is 5.91 Å². The lowest BCUT2D eigenvalue weighted by Crippen LogP contribution is -2.19. The van der Waals surface area contributed by atoms with Crippen LogP contribution >= 0.6 is 23.4 Å². The summed E-state index contributed by atoms with van der Waals surface area (Å²) in [6.07, 6.45) is 0. The number of amides is 2. The first-order valence-corrected chi connectivity index (χ1v) is 13.2. The van der Waals surface area contributed by atoms with Gasteiger partial charge >= 0.3 is 0 Å². The highest BCUT2D eigenvalue weighted by atomic mass is 35.5. The fourth-order valence-electron chi connectivity index (χ4n) is 3.93. The van der Waals surface area contributed by atoms with Crippen LogP contribution < -0.4 is 24.8 Å². The Morgan fingerprint density at radius 1 is 0.744 bits per heavy atom. The average molecular weight is 563 g/mol. The van der Waals surface area contributed by atoms with Crippen molar-refractivity contribution < 1.29 is 23.8 Å². The number of methoxy groups -OCH3 is 3. The first-order chi connectivity index (χ1) is 18.9. The Hall–Kier alpha value is -4.14. The minimum atomic E-state index is -0.602. The fraction of sp³-hybridized carbons (Fsp3) is 0.133. The molecular formula is C30H27ClN2O5S. The molecule has 0 heterocycles. The number of carbonyl (C=O) groups is 2. The van der Waals surface area contributed by atoms with Crippen LogP contribution in [-0.4, -0.2) is 33.1 Å². The summed E-state index contributed by atoms with van der Waals surface area (Å²) in [7, 11) is 4.52. The molecule has 39 heavy (non-hydrogen) atoms. The first-order valence-electron chi connectivity index (χ1n) is 11.9. The van der Waals surface area contributed by atoms with Crippen LogP contribution in [0.2, 0.25) is 5.02 Å². The standard InChI is InChI=1S/C30H27ClN2O5S/c1-36-24-16-15-20(31)17-23(24)33-30(35)28(19-9-5-4-6-10-19)39-22-12-7-11-21(18-22)32-29(34)27-25(37-2)13-8-14-26(27)38-3/h4-18,28H,1-3H3,(H,32,34)(H,33,35). The lowest BCUT2D eigenvalue weighted by molar-refractivity contribution is -0.115.